The number of hydrogen-bond donors (Lipinski definition) is 0. The first-order valence-corrected chi connectivity index (χ1v) is 8.15. The Morgan fingerprint density at radius 2 is 1.74 bits per heavy atom. The molecule has 19 heavy (non-hydrogen) atoms. The SMILES string of the molecule is CCC(C)(C)C(=O)OCCCC(=O)OCCCSC. The van der Waals surface area contributed by atoms with Gasteiger partial charge in [0.15, 0.2) is 0 Å². The van der Waals surface area contributed by atoms with E-state index in [1.807, 2.05) is 27.0 Å². The third kappa shape index (κ3) is 8.92. The van der Waals surface area contributed by atoms with Crippen molar-refractivity contribution >= 4 is 23.7 Å². The van der Waals surface area contributed by atoms with Crippen molar-refractivity contribution in [2.24, 2.45) is 5.41 Å². The lowest BCUT2D eigenvalue weighted by Crippen LogP contribution is -2.26. The standard InChI is InChI=1S/C14H26O4S/c1-5-14(2,3)13(16)18-9-6-8-12(15)17-10-7-11-19-4/h5-11H2,1-4H3. The summed E-state index contributed by atoms with van der Waals surface area (Å²) < 4.78 is 10.2. The first-order chi connectivity index (χ1) is 8.94. The van der Waals surface area contributed by atoms with E-state index in [9.17, 15) is 9.59 Å². The number of thioether (sulfide) groups is 1. The molecule has 0 bridgehead atoms. The Labute approximate surface area is 120 Å². The summed E-state index contributed by atoms with van der Waals surface area (Å²) in [6, 6.07) is 0. The van der Waals surface area contributed by atoms with Crippen molar-refractivity contribution in [3.8, 4) is 0 Å². The third-order valence-electron chi connectivity index (χ3n) is 2.95. The average molecular weight is 290 g/mol. The minimum atomic E-state index is -0.446. The Balaban J connectivity index is 3.58. The molecule has 0 saturated carbocycles. The molecule has 5 heteroatoms. The highest BCUT2D eigenvalue weighted by molar-refractivity contribution is 7.98. The van der Waals surface area contributed by atoms with Crippen molar-refractivity contribution in [2.45, 2.75) is 46.5 Å². The van der Waals surface area contributed by atoms with Crippen molar-refractivity contribution in [1.82, 2.24) is 0 Å². The fraction of sp³-hybridized carbons (Fsp3) is 0.857. The summed E-state index contributed by atoms with van der Waals surface area (Å²) in [6.07, 6.45) is 4.47. The molecular weight excluding hydrogens is 264 g/mol. The number of esters is 2. The summed E-state index contributed by atoms with van der Waals surface area (Å²) in [5.41, 5.74) is -0.446. The maximum Gasteiger partial charge on any atom is 0.311 e. The second kappa shape index (κ2) is 10.1. The molecule has 0 N–H and O–H groups in total. The molecule has 0 spiro atoms. The fourth-order valence-corrected chi connectivity index (χ4v) is 1.59. The van der Waals surface area contributed by atoms with Gasteiger partial charge in [0.05, 0.1) is 18.6 Å². The van der Waals surface area contributed by atoms with Gasteiger partial charge >= 0.3 is 11.9 Å². The Morgan fingerprint density at radius 3 is 2.32 bits per heavy atom. The lowest BCUT2D eigenvalue weighted by molar-refractivity contribution is -0.155. The molecule has 0 fully saturated rings. The third-order valence-corrected chi connectivity index (χ3v) is 3.65. The fourth-order valence-electron chi connectivity index (χ4n) is 1.18. The average Bonchev–Trinajstić information content (AvgIpc) is 2.39. The van der Waals surface area contributed by atoms with E-state index in [1.54, 1.807) is 11.8 Å². The molecule has 0 atom stereocenters. The van der Waals surface area contributed by atoms with Crippen molar-refractivity contribution in [3.63, 3.8) is 0 Å². The van der Waals surface area contributed by atoms with Crippen LogP contribution in [0.1, 0.15) is 46.5 Å². The maximum absolute atomic E-state index is 11.6. The normalized spacial score (nSPS) is 11.2. The van der Waals surface area contributed by atoms with Crippen molar-refractivity contribution in [2.75, 3.05) is 25.2 Å². The number of carbonyl (C=O) groups excluding carboxylic acids is 2. The molecule has 0 amide bonds. The van der Waals surface area contributed by atoms with Gasteiger partial charge in [-0.1, -0.05) is 6.92 Å². The van der Waals surface area contributed by atoms with Crippen LogP contribution >= 0.6 is 11.8 Å². The lowest BCUT2D eigenvalue weighted by Gasteiger charge is -2.20. The van der Waals surface area contributed by atoms with Gasteiger partial charge in [-0.25, -0.2) is 0 Å². The second-order valence-electron chi connectivity index (χ2n) is 5.04. The van der Waals surface area contributed by atoms with E-state index in [0.717, 1.165) is 18.6 Å². The Hall–Kier alpha value is -0.710. The smallest absolute Gasteiger partial charge is 0.311 e. The number of carbonyl (C=O) groups is 2. The van der Waals surface area contributed by atoms with Gasteiger partial charge in [-0.05, 0) is 45.1 Å². The monoisotopic (exact) mass is 290 g/mol. The Bertz CT molecular complexity index is 277. The molecule has 0 saturated heterocycles. The van der Waals surface area contributed by atoms with Gasteiger partial charge in [-0.15, -0.1) is 0 Å². The zero-order valence-electron chi connectivity index (χ0n) is 12.5. The predicted octanol–water partition coefficient (Wildman–Crippen LogP) is 3.04. The van der Waals surface area contributed by atoms with Crippen LogP contribution in [0.2, 0.25) is 0 Å². The van der Waals surface area contributed by atoms with Gasteiger partial charge in [-0.3, -0.25) is 9.59 Å². The first-order valence-electron chi connectivity index (χ1n) is 6.75. The van der Waals surface area contributed by atoms with Crippen LogP contribution < -0.4 is 0 Å². The molecule has 0 aliphatic rings. The van der Waals surface area contributed by atoms with Crippen molar-refractivity contribution < 1.29 is 19.1 Å². The summed E-state index contributed by atoms with van der Waals surface area (Å²) >= 11 is 1.73. The van der Waals surface area contributed by atoms with Gasteiger partial charge in [0, 0.05) is 6.42 Å². The Kier molecular flexibility index (Phi) is 9.74. The maximum atomic E-state index is 11.6. The molecule has 0 unspecified atom stereocenters. The molecule has 0 aliphatic heterocycles. The van der Waals surface area contributed by atoms with E-state index in [1.165, 1.54) is 0 Å². The van der Waals surface area contributed by atoms with Crippen LogP contribution in [0.3, 0.4) is 0 Å². The van der Waals surface area contributed by atoms with Crippen LogP contribution in [0.25, 0.3) is 0 Å². The molecule has 0 aromatic rings. The first kappa shape index (κ1) is 18.3. The van der Waals surface area contributed by atoms with Gasteiger partial charge in [0.25, 0.3) is 0 Å². The lowest BCUT2D eigenvalue weighted by atomic mass is 9.91. The van der Waals surface area contributed by atoms with Gasteiger partial charge in [0.2, 0.25) is 0 Å². The van der Waals surface area contributed by atoms with Gasteiger partial charge in [-0.2, -0.15) is 11.8 Å². The summed E-state index contributed by atoms with van der Waals surface area (Å²) in [7, 11) is 0. The van der Waals surface area contributed by atoms with Crippen LogP contribution in [-0.2, 0) is 19.1 Å². The molecular formula is C14H26O4S. The predicted molar refractivity (Wildman–Crippen MR) is 78.2 cm³/mol. The molecule has 0 aromatic heterocycles. The van der Waals surface area contributed by atoms with Crippen molar-refractivity contribution in [3.05, 3.63) is 0 Å². The van der Waals surface area contributed by atoms with Crippen LogP contribution in [-0.4, -0.2) is 37.2 Å². The van der Waals surface area contributed by atoms with Crippen LogP contribution in [0.4, 0.5) is 0 Å². The molecule has 0 aliphatic carbocycles. The summed E-state index contributed by atoms with van der Waals surface area (Å²) in [5.74, 6) is 0.576. The molecule has 0 heterocycles. The minimum absolute atomic E-state index is 0.205. The van der Waals surface area contributed by atoms with Gasteiger partial charge in [0.1, 0.15) is 0 Å². The summed E-state index contributed by atoms with van der Waals surface area (Å²) in [6.45, 7) is 6.42. The Morgan fingerprint density at radius 1 is 1.11 bits per heavy atom. The second-order valence-corrected chi connectivity index (χ2v) is 6.03. The van der Waals surface area contributed by atoms with E-state index < -0.39 is 5.41 Å². The van der Waals surface area contributed by atoms with E-state index in [-0.39, 0.29) is 18.5 Å². The zero-order chi connectivity index (χ0) is 14.7. The highest BCUT2D eigenvalue weighted by Crippen LogP contribution is 2.21. The number of ether oxygens (including phenoxy) is 2. The molecule has 0 radical (unpaired) electrons. The highest BCUT2D eigenvalue weighted by atomic mass is 32.2. The quantitative estimate of drug-likeness (QED) is 0.457. The minimum Gasteiger partial charge on any atom is -0.466 e. The van der Waals surface area contributed by atoms with Crippen LogP contribution in [0, 0.1) is 5.41 Å². The topological polar surface area (TPSA) is 52.6 Å². The molecule has 112 valence electrons. The van der Waals surface area contributed by atoms with E-state index in [4.69, 9.17) is 9.47 Å². The highest BCUT2D eigenvalue weighted by Gasteiger charge is 2.26. The van der Waals surface area contributed by atoms with Crippen molar-refractivity contribution in [1.29, 1.82) is 0 Å². The molecule has 0 rings (SSSR count). The number of hydrogen-bond acceptors (Lipinski definition) is 5. The molecule has 0 aromatic carbocycles. The van der Waals surface area contributed by atoms with Crippen LogP contribution in [0.5, 0.6) is 0 Å². The van der Waals surface area contributed by atoms with E-state index in [2.05, 4.69) is 0 Å². The molecule has 4 nitrogen and oxygen atoms in total. The number of rotatable bonds is 10. The van der Waals surface area contributed by atoms with Gasteiger partial charge < -0.3 is 9.47 Å². The van der Waals surface area contributed by atoms with Crippen LogP contribution in [0.15, 0.2) is 0 Å². The van der Waals surface area contributed by atoms with E-state index >= 15 is 0 Å². The van der Waals surface area contributed by atoms with E-state index in [0.29, 0.717) is 19.4 Å². The summed E-state index contributed by atoms with van der Waals surface area (Å²) in [4.78, 5) is 23.0. The largest absolute Gasteiger partial charge is 0.466 e. The zero-order valence-corrected chi connectivity index (χ0v) is 13.3. The summed E-state index contributed by atoms with van der Waals surface area (Å²) in [5, 5.41) is 0.